The standard InChI is InChI=1S/2BrH.ClH.Zn/h3*1H;/q;;;+2/p-2. The third-order valence-corrected chi connectivity index (χ3v) is 0. The first-order chi connectivity index (χ1) is 1.41. The monoisotopic (exact) mass is 258 g/mol. The van der Waals surface area contributed by atoms with Gasteiger partial charge in [0.25, 0.3) is 0 Å². The molecule has 0 nitrogen and oxygen atoms in total. The predicted molar refractivity (Wildman–Crippen MR) is 25.1 cm³/mol. The molecule has 0 aliphatic heterocycles. The molecular formula is HBr2ClZn. The summed E-state index contributed by atoms with van der Waals surface area (Å²) in [7, 11) is 0. The van der Waals surface area contributed by atoms with Crippen LogP contribution in [0.4, 0.5) is 0 Å². The van der Waals surface area contributed by atoms with E-state index < -0.39 is 0 Å². The number of hydrogen-bond acceptors (Lipinski definition) is 0. The number of rotatable bonds is 0. The molecule has 0 bridgehead atoms. The molecule has 0 aromatic rings. The van der Waals surface area contributed by atoms with E-state index in [2.05, 4.69) is 27.2 Å². The van der Waals surface area contributed by atoms with Crippen LogP contribution in [0.2, 0.25) is 0 Å². The third kappa shape index (κ3) is 9.11. The van der Waals surface area contributed by atoms with E-state index in [-0.39, 0.29) is 25.6 Å². The molecule has 0 unspecified atom stereocenters. The number of hydrogen-bond donors (Lipinski definition) is 0. The van der Waals surface area contributed by atoms with Crippen LogP contribution >= 0.6 is 39.7 Å². The van der Waals surface area contributed by atoms with E-state index in [9.17, 15) is 0 Å². The molecule has 0 N–H and O–H groups in total. The summed E-state index contributed by atoms with van der Waals surface area (Å²) in [5, 5.41) is 0. The minimum atomic E-state index is -0.250. The average Bonchev–Trinajstić information content (AvgIpc) is 0.918. The van der Waals surface area contributed by atoms with E-state index in [0.717, 1.165) is 0 Å². The van der Waals surface area contributed by atoms with Crippen molar-refractivity contribution in [2.45, 2.75) is 0 Å². The summed E-state index contributed by atoms with van der Waals surface area (Å²) in [5.41, 5.74) is 0. The first-order valence-electron chi connectivity index (χ1n) is 0.535. The predicted octanol–water partition coefficient (Wildman–Crippen LogP) is 2.11. The molecule has 0 atom stereocenters. The Morgan fingerprint density at radius 3 is 1.25 bits per heavy atom. The van der Waals surface area contributed by atoms with Gasteiger partial charge in [0.2, 0.25) is 0 Å². The maximum absolute atomic E-state index is 3.25. The molecule has 0 aromatic carbocycles. The van der Waals surface area contributed by atoms with Gasteiger partial charge in [-0.2, -0.15) is 0 Å². The van der Waals surface area contributed by atoms with Crippen molar-refractivity contribution in [3.63, 3.8) is 0 Å². The Morgan fingerprint density at radius 1 is 1.25 bits per heavy atom. The van der Waals surface area contributed by atoms with Gasteiger partial charge in [0.1, 0.15) is 0 Å². The summed E-state index contributed by atoms with van der Waals surface area (Å²) in [6.45, 7) is 0. The topological polar surface area (TPSA) is 0 Å². The molecule has 4 heavy (non-hydrogen) atoms. The van der Waals surface area contributed by atoms with Gasteiger partial charge in [-0.1, -0.05) is 0 Å². The zero-order chi connectivity index (χ0) is 2.71. The average molecular weight is 262 g/mol. The molecule has 0 aromatic heterocycles. The van der Waals surface area contributed by atoms with Crippen LogP contribution in [-0.4, -0.2) is 0 Å². The van der Waals surface area contributed by atoms with Crippen LogP contribution in [0.15, 0.2) is 0 Å². The molecule has 0 aliphatic rings. The first kappa shape index (κ1) is 9.30. The fourth-order valence-electron chi connectivity index (χ4n) is 0. The summed E-state index contributed by atoms with van der Waals surface area (Å²) in [5.74, 6) is 0. The van der Waals surface area contributed by atoms with Crippen molar-refractivity contribution in [2.75, 3.05) is 0 Å². The van der Waals surface area contributed by atoms with Crippen molar-refractivity contribution in [1.29, 1.82) is 0 Å². The van der Waals surface area contributed by atoms with Crippen molar-refractivity contribution in [2.24, 2.45) is 0 Å². The van der Waals surface area contributed by atoms with Gasteiger partial charge in [-0.05, 0) is 0 Å². The van der Waals surface area contributed by atoms with E-state index in [4.69, 9.17) is 0 Å². The summed E-state index contributed by atoms with van der Waals surface area (Å²) in [4.78, 5) is 0. The third-order valence-electron chi connectivity index (χ3n) is 0. The quantitative estimate of drug-likeness (QED) is 0.586. The SMILES string of the molecule is Cl.[Br][Zn][Br]. The Morgan fingerprint density at radius 2 is 1.25 bits per heavy atom. The molecule has 0 saturated carbocycles. The van der Waals surface area contributed by atoms with Crippen molar-refractivity contribution >= 4 is 39.7 Å². The summed E-state index contributed by atoms with van der Waals surface area (Å²) < 4.78 is 0. The van der Waals surface area contributed by atoms with Gasteiger partial charge in [-0.3, -0.25) is 0 Å². The molecule has 0 radical (unpaired) electrons. The molecule has 24 valence electrons. The van der Waals surface area contributed by atoms with E-state index in [0.29, 0.717) is 0 Å². The van der Waals surface area contributed by atoms with Gasteiger partial charge in [-0.15, -0.1) is 12.4 Å². The second-order valence-corrected chi connectivity index (χ2v) is 14.2. The van der Waals surface area contributed by atoms with Gasteiger partial charge in [-0.25, -0.2) is 0 Å². The molecule has 0 amide bonds. The zero-order valence-electron chi connectivity index (χ0n) is 1.87. The van der Waals surface area contributed by atoms with E-state index >= 15 is 0 Å². The van der Waals surface area contributed by atoms with Crippen LogP contribution < -0.4 is 0 Å². The van der Waals surface area contributed by atoms with Crippen molar-refractivity contribution < 1.29 is 13.2 Å². The molecular weight excluding hydrogens is 261 g/mol. The second kappa shape index (κ2) is 8.86. The minimum absolute atomic E-state index is 0. The van der Waals surface area contributed by atoms with Gasteiger partial charge < -0.3 is 0 Å². The van der Waals surface area contributed by atoms with Crippen LogP contribution in [0, 0.1) is 0 Å². The van der Waals surface area contributed by atoms with Crippen LogP contribution in [0.5, 0.6) is 0 Å². The van der Waals surface area contributed by atoms with Crippen LogP contribution in [-0.2, 0) is 13.2 Å². The van der Waals surface area contributed by atoms with E-state index in [1.807, 2.05) is 0 Å². The summed E-state index contributed by atoms with van der Waals surface area (Å²) in [6.07, 6.45) is 0. The zero-order valence-corrected chi connectivity index (χ0v) is 8.83. The van der Waals surface area contributed by atoms with Crippen molar-refractivity contribution in [3.8, 4) is 0 Å². The maximum atomic E-state index is 3.25. The molecule has 0 rings (SSSR count). The van der Waals surface area contributed by atoms with E-state index in [1.165, 1.54) is 0 Å². The van der Waals surface area contributed by atoms with Crippen LogP contribution in [0.1, 0.15) is 0 Å². The molecule has 0 spiro atoms. The Balaban J connectivity index is 0. The van der Waals surface area contributed by atoms with E-state index in [1.54, 1.807) is 0 Å². The number of halogens is 3. The molecule has 0 saturated heterocycles. The fraction of sp³-hybridized carbons (Fsp3) is 0. The normalized spacial score (nSPS) is 2.50. The van der Waals surface area contributed by atoms with Crippen molar-refractivity contribution in [3.05, 3.63) is 0 Å². The Labute approximate surface area is 52.4 Å². The molecule has 4 heteroatoms. The van der Waals surface area contributed by atoms with Crippen molar-refractivity contribution in [1.82, 2.24) is 0 Å². The Hall–Kier alpha value is 1.87. The van der Waals surface area contributed by atoms with Gasteiger partial charge in [0, 0.05) is 0 Å². The molecule has 0 aliphatic carbocycles. The van der Waals surface area contributed by atoms with Gasteiger partial charge >= 0.3 is 40.5 Å². The van der Waals surface area contributed by atoms with Gasteiger partial charge in [0.15, 0.2) is 0 Å². The van der Waals surface area contributed by atoms with Crippen LogP contribution in [0.25, 0.3) is 0 Å². The second-order valence-electron chi connectivity index (χ2n) is 0.101. The molecule has 0 heterocycles. The molecule has 0 fully saturated rings. The summed E-state index contributed by atoms with van der Waals surface area (Å²) in [6, 6.07) is 0. The Bertz CT molecular complexity index is 6.00. The first-order valence-corrected chi connectivity index (χ1v) is 14.4. The van der Waals surface area contributed by atoms with Gasteiger partial charge in [0.05, 0.1) is 0 Å². The Kier molecular flexibility index (Phi) is 20.6. The summed E-state index contributed by atoms with van der Waals surface area (Å²) >= 11 is 6.25. The fourth-order valence-corrected chi connectivity index (χ4v) is 0. The van der Waals surface area contributed by atoms with Crippen LogP contribution in [0.3, 0.4) is 0 Å².